The fourth-order valence-corrected chi connectivity index (χ4v) is 3.55. The minimum atomic E-state index is -3.30. The Bertz CT molecular complexity index is 832. The van der Waals surface area contributed by atoms with E-state index in [1.165, 1.54) is 22.5 Å². The van der Waals surface area contributed by atoms with E-state index >= 15 is 0 Å². The predicted octanol–water partition coefficient (Wildman–Crippen LogP) is 3.05. The van der Waals surface area contributed by atoms with Crippen LogP contribution in [0.15, 0.2) is 48.5 Å². The van der Waals surface area contributed by atoms with Gasteiger partial charge in [0.25, 0.3) is 5.91 Å². The number of hydrogen-bond donors (Lipinski definition) is 1. The summed E-state index contributed by atoms with van der Waals surface area (Å²) in [7, 11) is -1.82. The van der Waals surface area contributed by atoms with Gasteiger partial charge in [0.2, 0.25) is 10.0 Å². The number of sulfonamides is 1. The number of nitrogens with one attached hydrogen (secondary N) is 1. The predicted molar refractivity (Wildman–Crippen MR) is 109 cm³/mol. The quantitative estimate of drug-likeness (QED) is 0.701. The van der Waals surface area contributed by atoms with Crippen LogP contribution in [0.5, 0.6) is 0 Å². The van der Waals surface area contributed by atoms with Crippen molar-refractivity contribution in [3.05, 3.63) is 65.2 Å². The molecular formula is C19H24N2O3S2. The minimum absolute atomic E-state index is 0.158. The maximum absolute atomic E-state index is 12.1. The van der Waals surface area contributed by atoms with Gasteiger partial charge in [-0.05, 0) is 36.8 Å². The molecule has 0 aliphatic rings. The molecular weight excluding hydrogens is 368 g/mol. The molecule has 1 N–H and O–H groups in total. The largest absolute Gasteiger partial charge is 0.351 e. The highest BCUT2D eigenvalue weighted by molar-refractivity contribution is 7.98. The summed E-state index contributed by atoms with van der Waals surface area (Å²) in [6.07, 6.45) is 1.14. The molecule has 140 valence electrons. The average molecular weight is 393 g/mol. The van der Waals surface area contributed by atoms with Crippen molar-refractivity contribution in [1.82, 2.24) is 5.32 Å². The molecule has 5 nitrogen and oxygen atoms in total. The third-order valence-corrected chi connectivity index (χ3v) is 6.15. The van der Waals surface area contributed by atoms with Crippen LogP contribution in [-0.4, -0.2) is 39.9 Å². The van der Waals surface area contributed by atoms with Crippen LogP contribution in [0.3, 0.4) is 0 Å². The van der Waals surface area contributed by atoms with Gasteiger partial charge in [-0.25, -0.2) is 8.42 Å². The number of hydrogen-bond acceptors (Lipinski definition) is 4. The molecule has 0 aliphatic carbocycles. The van der Waals surface area contributed by atoms with E-state index in [1.54, 1.807) is 36.0 Å². The summed E-state index contributed by atoms with van der Waals surface area (Å²) >= 11 is 1.77. The number of benzene rings is 2. The number of nitrogens with zero attached hydrogens (tertiary/aromatic N) is 1. The Kier molecular flexibility index (Phi) is 7.11. The summed E-state index contributed by atoms with van der Waals surface area (Å²) < 4.78 is 24.2. The third-order valence-electron chi connectivity index (χ3n) is 3.91. The fraction of sp³-hybridized carbons (Fsp3) is 0.316. The molecule has 0 heterocycles. The monoisotopic (exact) mass is 392 g/mol. The highest BCUT2D eigenvalue weighted by atomic mass is 32.2. The van der Waals surface area contributed by atoms with Gasteiger partial charge in [-0.3, -0.25) is 9.10 Å². The molecule has 0 bridgehead atoms. The van der Waals surface area contributed by atoms with Crippen LogP contribution in [-0.2, 0) is 15.8 Å². The van der Waals surface area contributed by atoms with Gasteiger partial charge < -0.3 is 5.32 Å². The molecule has 0 aliphatic heterocycles. The second kappa shape index (κ2) is 9.09. The van der Waals surface area contributed by atoms with Crippen LogP contribution >= 0.6 is 11.8 Å². The molecule has 0 unspecified atom stereocenters. The molecule has 0 fully saturated rings. The summed E-state index contributed by atoms with van der Waals surface area (Å²) in [6.45, 7) is 2.65. The lowest BCUT2D eigenvalue weighted by Gasteiger charge is -2.16. The van der Waals surface area contributed by atoms with Crippen molar-refractivity contribution in [2.45, 2.75) is 12.7 Å². The number of carbonyl (C=O) groups is 1. The maximum Gasteiger partial charge on any atom is 0.251 e. The summed E-state index contributed by atoms with van der Waals surface area (Å²) in [5, 5.41) is 2.88. The van der Waals surface area contributed by atoms with E-state index in [1.807, 2.05) is 0 Å². The first-order valence-corrected chi connectivity index (χ1v) is 11.2. The molecule has 2 aromatic carbocycles. The highest BCUT2D eigenvalue weighted by Gasteiger charge is 2.12. The van der Waals surface area contributed by atoms with Gasteiger partial charge >= 0.3 is 0 Å². The maximum atomic E-state index is 12.1. The van der Waals surface area contributed by atoms with Crippen LogP contribution < -0.4 is 9.62 Å². The van der Waals surface area contributed by atoms with Crippen LogP contribution in [0.25, 0.3) is 0 Å². The van der Waals surface area contributed by atoms with Gasteiger partial charge in [-0.2, -0.15) is 11.8 Å². The molecule has 2 rings (SSSR count). The van der Waals surface area contributed by atoms with Crippen LogP contribution in [0, 0.1) is 6.92 Å². The van der Waals surface area contributed by atoms with E-state index in [9.17, 15) is 13.2 Å². The van der Waals surface area contributed by atoms with Crippen molar-refractivity contribution < 1.29 is 13.2 Å². The second-order valence-electron chi connectivity index (χ2n) is 6.07. The van der Waals surface area contributed by atoms with Crippen molar-refractivity contribution >= 4 is 33.4 Å². The molecule has 1 amide bonds. The molecule has 0 spiro atoms. The lowest BCUT2D eigenvalue weighted by molar-refractivity contribution is 0.0956. The number of amides is 1. The van der Waals surface area contributed by atoms with Gasteiger partial charge in [0, 0.05) is 30.7 Å². The Balaban J connectivity index is 1.76. The van der Waals surface area contributed by atoms with Crippen molar-refractivity contribution in [1.29, 1.82) is 0 Å². The van der Waals surface area contributed by atoms with Crippen molar-refractivity contribution in [2.75, 3.05) is 29.9 Å². The summed E-state index contributed by atoms with van der Waals surface area (Å²) in [5.41, 5.74) is 3.56. The van der Waals surface area contributed by atoms with Crippen LogP contribution in [0.2, 0.25) is 0 Å². The molecule has 0 radical (unpaired) electrons. The first-order valence-electron chi connectivity index (χ1n) is 8.23. The normalized spacial score (nSPS) is 11.2. The van der Waals surface area contributed by atoms with Crippen molar-refractivity contribution in [3.8, 4) is 0 Å². The Labute approximate surface area is 159 Å². The SMILES string of the molecule is Cc1ccc(CSCCNC(=O)c2ccc(N(C)S(C)(=O)=O)cc2)cc1. The topological polar surface area (TPSA) is 66.5 Å². The van der Waals surface area contributed by atoms with Crippen molar-refractivity contribution in [3.63, 3.8) is 0 Å². The zero-order chi connectivity index (χ0) is 19.2. The number of anilines is 1. The summed E-state index contributed by atoms with van der Waals surface area (Å²) in [6, 6.07) is 15.0. The third kappa shape index (κ3) is 6.07. The molecule has 0 saturated heterocycles. The van der Waals surface area contributed by atoms with E-state index in [0.717, 1.165) is 17.8 Å². The van der Waals surface area contributed by atoms with Crippen LogP contribution in [0.4, 0.5) is 5.69 Å². The average Bonchev–Trinajstić information content (AvgIpc) is 2.61. The van der Waals surface area contributed by atoms with E-state index in [0.29, 0.717) is 17.8 Å². The molecule has 0 saturated carbocycles. The number of aryl methyl sites for hydroxylation is 1. The first-order chi connectivity index (χ1) is 12.3. The number of thioether (sulfide) groups is 1. The standard InChI is InChI=1S/C19H24N2O3S2/c1-15-4-6-16(7-5-15)14-25-13-12-20-19(22)17-8-10-18(11-9-17)21(2)26(3,23)24/h4-11H,12-14H2,1-3H3,(H,20,22). The molecule has 26 heavy (non-hydrogen) atoms. The fourth-order valence-electron chi connectivity index (χ4n) is 2.23. The Morgan fingerprint density at radius 2 is 1.69 bits per heavy atom. The molecule has 7 heteroatoms. The van der Waals surface area contributed by atoms with E-state index in [-0.39, 0.29) is 5.91 Å². The van der Waals surface area contributed by atoms with Gasteiger partial charge in [0.15, 0.2) is 0 Å². The summed E-state index contributed by atoms with van der Waals surface area (Å²) in [5.74, 6) is 1.59. The zero-order valence-corrected chi connectivity index (χ0v) is 16.9. The second-order valence-corrected chi connectivity index (χ2v) is 9.19. The lowest BCUT2D eigenvalue weighted by atomic mass is 10.2. The van der Waals surface area contributed by atoms with Gasteiger partial charge in [-0.1, -0.05) is 29.8 Å². The first kappa shape index (κ1) is 20.3. The number of carbonyl (C=O) groups excluding carboxylic acids is 1. The van der Waals surface area contributed by atoms with E-state index < -0.39 is 10.0 Å². The van der Waals surface area contributed by atoms with E-state index in [4.69, 9.17) is 0 Å². The molecule has 2 aromatic rings. The highest BCUT2D eigenvalue weighted by Crippen LogP contribution is 2.16. The molecule has 0 atom stereocenters. The zero-order valence-electron chi connectivity index (χ0n) is 15.2. The van der Waals surface area contributed by atoms with Crippen molar-refractivity contribution in [2.24, 2.45) is 0 Å². The van der Waals surface area contributed by atoms with Gasteiger partial charge in [0.05, 0.1) is 11.9 Å². The number of rotatable bonds is 8. The lowest BCUT2D eigenvalue weighted by Crippen LogP contribution is -2.26. The van der Waals surface area contributed by atoms with Gasteiger partial charge in [-0.15, -0.1) is 0 Å². The Hall–Kier alpha value is -1.99. The van der Waals surface area contributed by atoms with Crippen LogP contribution in [0.1, 0.15) is 21.5 Å². The Morgan fingerprint density at radius 1 is 1.08 bits per heavy atom. The molecule has 0 aromatic heterocycles. The van der Waals surface area contributed by atoms with Gasteiger partial charge in [0.1, 0.15) is 0 Å². The van der Waals surface area contributed by atoms with E-state index in [2.05, 4.69) is 36.5 Å². The Morgan fingerprint density at radius 3 is 2.27 bits per heavy atom. The summed E-state index contributed by atoms with van der Waals surface area (Å²) in [4.78, 5) is 12.1. The minimum Gasteiger partial charge on any atom is -0.351 e. The smallest absolute Gasteiger partial charge is 0.251 e.